The Labute approximate surface area is 136 Å². The van der Waals surface area contributed by atoms with E-state index in [1.807, 2.05) is 4.90 Å². The highest BCUT2D eigenvalue weighted by Gasteiger charge is 2.23. The van der Waals surface area contributed by atoms with Crippen molar-refractivity contribution in [3.8, 4) is 0 Å². The highest BCUT2D eigenvalue weighted by molar-refractivity contribution is 5.78. The molecule has 2 heterocycles. The second kappa shape index (κ2) is 9.22. The fourth-order valence-corrected chi connectivity index (χ4v) is 2.73. The van der Waals surface area contributed by atoms with Gasteiger partial charge in [0.05, 0.1) is 0 Å². The third-order valence-corrected chi connectivity index (χ3v) is 4.17. The van der Waals surface area contributed by atoms with Gasteiger partial charge in [-0.2, -0.15) is 0 Å². The van der Waals surface area contributed by atoms with Crippen LogP contribution in [0.1, 0.15) is 45.4 Å². The Kier molecular flexibility index (Phi) is 6.96. The first-order valence-electron chi connectivity index (χ1n) is 8.47. The molecular weight excluding hydrogens is 296 g/mol. The van der Waals surface area contributed by atoms with Gasteiger partial charge in [0.25, 0.3) is 0 Å². The van der Waals surface area contributed by atoms with Crippen molar-refractivity contribution in [1.82, 2.24) is 30.0 Å². The third kappa shape index (κ3) is 5.61. The quantitative estimate of drug-likeness (QED) is 0.658. The topological polar surface area (TPSA) is 84.2 Å². The number of amides is 2. The smallest absolute Gasteiger partial charge is 0.244 e. The van der Waals surface area contributed by atoms with E-state index >= 15 is 0 Å². The van der Waals surface area contributed by atoms with Crippen molar-refractivity contribution in [3.63, 3.8) is 0 Å². The van der Waals surface area contributed by atoms with Crippen LogP contribution in [0.25, 0.3) is 0 Å². The van der Waals surface area contributed by atoms with Crippen molar-refractivity contribution in [1.29, 1.82) is 0 Å². The summed E-state index contributed by atoms with van der Waals surface area (Å²) in [6, 6.07) is 0. The van der Waals surface area contributed by atoms with E-state index in [-0.39, 0.29) is 18.4 Å². The van der Waals surface area contributed by atoms with Crippen LogP contribution >= 0.6 is 0 Å². The molecule has 8 nitrogen and oxygen atoms in total. The molecule has 1 fully saturated rings. The number of carbonyl (C=O) groups is 2. The van der Waals surface area contributed by atoms with Crippen LogP contribution < -0.4 is 0 Å². The van der Waals surface area contributed by atoms with Gasteiger partial charge in [-0.1, -0.05) is 32.6 Å². The lowest BCUT2D eigenvalue weighted by molar-refractivity contribution is -0.140. The Bertz CT molecular complexity index is 482. The fourth-order valence-electron chi connectivity index (χ4n) is 2.73. The van der Waals surface area contributed by atoms with Crippen LogP contribution in [0.3, 0.4) is 0 Å². The van der Waals surface area contributed by atoms with Gasteiger partial charge in [0.1, 0.15) is 12.9 Å². The van der Waals surface area contributed by atoms with Crippen LogP contribution in [-0.4, -0.2) is 68.0 Å². The fraction of sp³-hybridized carbons (Fsp3) is 0.800. The highest BCUT2D eigenvalue weighted by Crippen LogP contribution is 2.09. The van der Waals surface area contributed by atoms with E-state index in [9.17, 15) is 9.59 Å². The molecule has 0 aromatic carbocycles. The summed E-state index contributed by atoms with van der Waals surface area (Å²) in [5.74, 6) is 0.207. The van der Waals surface area contributed by atoms with E-state index in [2.05, 4.69) is 22.4 Å². The Morgan fingerprint density at radius 3 is 2.22 bits per heavy atom. The van der Waals surface area contributed by atoms with E-state index in [1.165, 1.54) is 30.3 Å². The highest BCUT2D eigenvalue weighted by atomic mass is 16.2. The van der Waals surface area contributed by atoms with Crippen molar-refractivity contribution in [2.45, 2.75) is 52.0 Å². The summed E-state index contributed by atoms with van der Waals surface area (Å²) in [6.45, 7) is 4.75. The first kappa shape index (κ1) is 17.4. The van der Waals surface area contributed by atoms with Gasteiger partial charge in [-0.3, -0.25) is 9.59 Å². The average Bonchev–Trinajstić information content (AvgIpc) is 3.07. The number of piperazine rings is 1. The molecule has 0 N–H and O–H groups in total. The molecule has 128 valence electrons. The Hall–Kier alpha value is -1.99. The summed E-state index contributed by atoms with van der Waals surface area (Å²) < 4.78 is 1.41. The van der Waals surface area contributed by atoms with Gasteiger partial charge >= 0.3 is 0 Å². The molecule has 1 aliphatic rings. The molecule has 1 aliphatic heterocycles. The van der Waals surface area contributed by atoms with E-state index in [0.29, 0.717) is 32.6 Å². The van der Waals surface area contributed by atoms with E-state index in [4.69, 9.17) is 0 Å². The molecule has 0 radical (unpaired) electrons. The molecule has 0 aliphatic carbocycles. The largest absolute Gasteiger partial charge is 0.339 e. The molecule has 0 unspecified atom stereocenters. The predicted molar refractivity (Wildman–Crippen MR) is 84.4 cm³/mol. The zero-order valence-electron chi connectivity index (χ0n) is 13.9. The van der Waals surface area contributed by atoms with E-state index in [0.717, 1.165) is 12.8 Å². The van der Waals surface area contributed by atoms with Gasteiger partial charge < -0.3 is 9.80 Å². The van der Waals surface area contributed by atoms with Crippen molar-refractivity contribution < 1.29 is 9.59 Å². The Balaban J connectivity index is 1.64. The summed E-state index contributed by atoms with van der Waals surface area (Å²) in [5.41, 5.74) is 0. The molecule has 2 amide bonds. The molecule has 0 bridgehead atoms. The van der Waals surface area contributed by atoms with Crippen molar-refractivity contribution in [3.05, 3.63) is 6.33 Å². The SMILES string of the molecule is CCCCCCCC(=O)N1CCN(C(=O)Cn2cnnn2)CC1. The number of rotatable bonds is 8. The van der Waals surface area contributed by atoms with Crippen LogP contribution in [0.4, 0.5) is 0 Å². The number of unbranched alkanes of at least 4 members (excludes halogenated alkanes) is 4. The molecule has 8 heteroatoms. The number of carbonyl (C=O) groups excluding carboxylic acids is 2. The molecule has 1 aromatic rings. The number of aromatic nitrogens is 4. The van der Waals surface area contributed by atoms with Crippen LogP contribution in [0.15, 0.2) is 6.33 Å². The van der Waals surface area contributed by atoms with Crippen molar-refractivity contribution in [2.75, 3.05) is 26.2 Å². The minimum absolute atomic E-state index is 0.0102. The Morgan fingerprint density at radius 2 is 1.61 bits per heavy atom. The monoisotopic (exact) mass is 322 g/mol. The van der Waals surface area contributed by atoms with E-state index < -0.39 is 0 Å². The van der Waals surface area contributed by atoms with Crippen LogP contribution in [0, 0.1) is 0 Å². The summed E-state index contributed by atoms with van der Waals surface area (Å²) in [6.07, 6.45) is 7.83. The molecule has 0 spiro atoms. The molecular formula is C15H26N6O2. The minimum Gasteiger partial charge on any atom is -0.339 e. The summed E-state index contributed by atoms with van der Waals surface area (Å²) in [5, 5.41) is 10.7. The minimum atomic E-state index is -0.0102. The Morgan fingerprint density at radius 1 is 0.957 bits per heavy atom. The second-order valence-electron chi connectivity index (χ2n) is 5.93. The van der Waals surface area contributed by atoms with Crippen molar-refractivity contribution in [2.24, 2.45) is 0 Å². The maximum Gasteiger partial charge on any atom is 0.244 e. The third-order valence-electron chi connectivity index (χ3n) is 4.17. The average molecular weight is 322 g/mol. The summed E-state index contributed by atoms with van der Waals surface area (Å²) in [4.78, 5) is 27.9. The molecule has 1 saturated heterocycles. The van der Waals surface area contributed by atoms with Crippen LogP contribution in [0.2, 0.25) is 0 Å². The van der Waals surface area contributed by atoms with Gasteiger partial charge in [0, 0.05) is 32.6 Å². The first-order chi connectivity index (χ1) is 11.2. The van der Waals surface area contributed by atoms with Gasteiger partial charge in [-0.25, -0.2) is 4.68 Å². The molecule has 1 aromatic heterocycles. The lowest BCUT2D eigenvalue weighted by Gasteiger charge is -2.34. The summed E-state index contributed by atoms with van der Waals surface area (Å²) in [7, 11) is 0. The van der Waals surface area contributed by atoms with Crippen molar-refractivity contribution >= 4 is 11.8 Å². The number of hydrogen-bond donors (Lipinski definition) is 0. The van der Waals surface area contributed by atoms with Gasteiger partial charge in [0.15, 0.2) is 0 Å². The molecule has 2 rings (SSSR count). The standard InChI is InChI=1S/C15H26N6O2/c1-2-3-4-5-6-7-14(22)19-8-10-20(11-9-19)15(23)12-21-13-16-17-18-21/h13H,2-12H2,1H3. The van der Waals surface area contributed by atoms with Gasteiger partial charge in [-0.15, -0.1) is 5.10 Å². The second-order valence-corrected chi connectivity index (χ2v) is 5.93. The normalized spacial score (nSPS) is 15.0. The zero-order valence-corrected chi connectivity index (χ0v) is 13.9. The predicted octanol–water partition coefficient (Wildman–Crippen LogP) is 0.704. The maximum absolute atomic E-state index is 12.2. The number of tetrazole rings is 1. The molecule has 0 atom stereocenters. The zero-order chi connectivity index (χ0) is 16.5. The summed E-state index contributed by atoms with van der Waals surface area (Å²) >= 11 is 0. The maximum atomic E-state index is 12.2. The van der Waals surface area contributed by atoms with E-state index in [1.54, 1.807) is 4.90 Å². The number of nitrogens with zero attached hydrogens (tertiary/aromatic N) is 6. The van der Waals surface area contributed by atoms with Gasteiger partial charge in [0.2, 0.25) is 11.8 Å². The number of hydrogen-bond acceptors (Lipinski definition) is 5. The van der Waals surface area contributed by atoms with Crippen LogP contribution in [-0.2, 0) is 16.1 Å². The molecule has 0 saturated carbocycles. The lowest BCUT2D eigenvalue weighted by Crippen LogP contribution is -2.51. The van der Waals surface area contributed by atoms with Crippen LogP contribution in [0.5, 0.6) is 0 Å². The van der Waals surface area contributed by atoms with Gasteiger partial charge in [-0.05, 0) is 16.8 Å². The first-order valence-corrected chi connectivity index (χ1v) is 8.47. The molecule has 23 heavy (non-hydrogen) atoms. The lowest BCUT2D eigenvalue weighted by atomic mass is 10.1.